The van der Waals surface area contributed by atoms with Gasteiger partial charge in [0.1, 0.15) is 17.7 Å². The van der Waals surface area contributed by atoms with Crippen LogP contribution >= 0.6 is 0 Å². The number of rotatable bonds is 5. The summed E-state index contributed by atoms with van der Waals surface area (Å²) in [4.78, 5) is 17.4. The van der Waals surface area contributed by atoms with Crippen LogP contribution in [-0.2, 0) is 6.42 Å². The molecular weight excluding hydrogens is 424 g/mol. The minimum atomic E-state index is -0.821. The van der Waals surface area contributed by atoms with Crippen molar-refractivity contribution in [2.45, 2.75) is 33.2 Å². The molecule has 0 fully saturated rings. The van der Waals surface area contributed by atoms with Crippen LogP contribution < -0.4 is 5.56 Å². The maximum absolute atomic E-state index is 14.3. The van der Waals surface area contributed by atoms with Gasteiger partial charge in [-0.3, -0.25) is 4.79 Å². The lowest BCUT2D eigenvalue weighted by Crippen LogP contribution is -2.30. The van der Waals surface area contributed by atoms with E-state index in [1.165, 1.54) is 12.1 Å². The largest absolute Gasteiger partial charge is 0.306 e. The fraction of sp³-hybridized carbons (Fsp3) is 0.200. The summed E-state index contributed by atoms with van der Waals surface area (Å²) in [5.74, 6) is -1.49. The van der Waals surface area contributed by atoms with Crippen molar-refractivity contribution in [3.8, 4) is 11.8 Å². The Morgan fingerprint density at radius 3 is 2.55 bits per heavy atom. The average Bonchev–Trinajstić information content (AvgIpc) is 3.20. The highest BCUT2D eigenvalue weighted by Gasteiger charge is 2.19. The van der Waals surface area contributed by atoms with Crippen LogP contribution in [0.5, 0.6) is 0 Å². The molecule has 0 aliphatic carbocycles. The normalized spacial score (nSPS) is 11.9. The van der Waals surface area contributed by atoms with E-state index in [-0.39, 0.29) is 17.7 Å². The highest BCUT2D eigenvalue weighted by atomic mass is 19.1. The van der Waals surface area contributed by atoms with Crippen molar-refractivity contribution in [2.75, 3.05) is 0 Å². The van der Waals surface area contributed by atoms with Gasteiger partial charge in [-0.2, -0.15) is 10.4 Å². The lowest BCUT2D eigenvalue weighted by atomic mass is 10.0. The fourth-order valence-corrected chi connectivity index (χ4v) is 3.87. The monoisotopic (exact) mass is 445 g/mol. The van der Waals surface area contributed by atoms with Crippen LogP contribution in [0.1, 0.15) is 46.6 Å². The van der Waals surface area contributed by atoms with Crippen molar-refractivity contribution >= 4 is 0 Å². The molecule has 0 N–H and O–H groups in total. The number of halogens is 2. The highest BCUT2D eigenvalue weighted by molar-refractivity contribution is 5.44. The maximum Gasteiger partial charge on any atom is 0.270 e. The predicted octanol–water partition coefficient (Wildman–Crippen LogP) is 4.40. The molecule has 166 valence electrons. The van der Waals surface area contributed by atoms with Gasteiger partial charge in [0.15, 0.2) is 5.69 Å². The molecule has 0 aliphatic rings. The molecule has 4 aromatic rings. The van der Waals surface area contributed by atoms with E-state index in [1.54, 1.807) is 13.3 Å². The first-order valence-electron chi connectivity index (χ1n) is 10.3. The van der Waals surface area contributed by atoms with E-state index in [0.717, 1.165) is 39.3 Å². The van der Waals surface area contributed by atoms with Gasteiger partial charge in [0.25, 0.3) is 5.56 Å². The third-order valence-electron chi connectivity index (χ3n) is 5.55. The van der Waals surface area contributed by atoms with Gasteiger partial charge < -0.3 is 4.57 Å². The second-order valence-electron chi connectivity index (χ2n) is 7.98. The number of hydrogen-bond donors (Lipinski definition) is 0. The molecule has 0 saturated heterocycles. The smallest absolute Gasteiger partial charge is 0.270 e. The first-order valence-corrected chi connectivity index (χ1v) is 10.3. The molecule has 6 nitrogen and oxygen atoms in total. The Hall–Kier alpha value is -4.12. The van der Waals surface area contributed by atoms with E-state index in [4.69, 9.17) is 0 Å². The van der Waals surface area contributed by atoms with E-state index in [0.29, 0.717) is 5.56 Å². The zero-order chi connectivity index (χ0) is 23.7. The summed E-state index contributed by atoms with van der Waals surface area (Å²) in [6.45, 7) is 5.47. The molecule has 33 heavy (non-hydrogen) atoms. The standard InChI is InChI=1S/C25H21F2N5O/c1-15-8-18(4-7-24(15)31-13-16(2)29-14-31)9-19-10-21(12-28)30-32(25(19)33)17(3)22-6-5-20(26)11-23(22)27/h4-8,10-11,13-14,17H,9H2,1-3H3/t17-/m0/s1. The average molecular weight is 445 g/mol. The molecule has 0 saturated carbocycles. The molecule has 2 heterocycles. The number of aromatic nitrogens is 4. The molecule has 0 aliphatic heterocycles. The van der Waals surface area contributed by atoms with Crippen molar-refractivity contribution in [1.29, 1.82) is 5.26 Å². The van der Waals surface area contributed by atoms with Crippen LogP contribution in [0.4, 0.5) is 8.78 Å². The topological polar surface area (TPSA) is 76.5 Å². The van der Waals surface area contributed by atoms with Crippen LogP contribution in [0.25, 0.3) is 5.69 Å². The lowest BCUT2D eigenvalue weighted by molar-refractivity contribution is 0.489. The Balaban J connectivity index is 1.71. The quantitative estimate of drug-likeness (QED) is 0.456. The first-order chi connectivity index (χ1) is 15.8. The van der Waals surface area contributed by atoms with Gasteiger partial charge in [-0.05, 0) is 50.1 Å². The Morgan fingerprint density at radius 2 is 1.91 bits per heavy atom. The van der Waals surface area contributed by atoms with Gasteiger partial charge >= 0.3 is 0 Å². The van der Waals surface area contributed by atoms with Gasteiger partial charge in [0.05, 0.1) is 18.1 Å². The summed E-state index contributed by atoms with van der Waals surface area (Å²) in [5.41, 5.74) is 3.85. The lowest BCUT2D eigenvalue weighted by Gasteiger charge is -2.17. The molecule has 4 rings (SSSR count). The molecule has 0 unspecified atom stereocenters. The fourth-order valence-electron chi connectivity index (χ4n) is 3.87. The molecule has 2 aromatic carbocycles. The van der Waals surface area contributed by atoms with E-state index >= 15 is 0 Å². The maximum atomic E-state index is 14.3. The molecule has 8 heteroatoms. The summed E-state index contributed by atoms with van der Waals surface area (Å²) in [6, 6.07) is 11.6. The Labute approximate surface area is 189 Å². The van der Waals surface area contributed by atoms with E-state index in [9.17, 15) is 18.8 Å². The predicted molar refractivity (Wildman–Crippen MR) is 119 cm³/mol. The summed E-state index contributed by atoms with van der Waals surface area (Å²) < 4.78 is 30.6. The van der Waals surface area contributed by atoms with Gasteiger partial charge in [0.2, 0.25) is 0 Å². The van der Waals surface area contributed by atoms with E-state index in [1.807, 2.05) is 48.9 Å². The van der Waals surface area contributed by atoms with Crippen LogP contribution in [0.15, 0.2) is 59.8 Å². The Morgan fingerprint density at radius 1 is 1.12 bits per heavy atom. The summed E-state index contributed by atoms with van der Waals surface area (Å²) in [7, 11) is 0. The molecular formula is C25H21F2N5O. The number of hydrogen-bond acceptors (Lipinski definition) is 4. The zero-order valence-corrected chi connectivity index (χ0v) is 18.4. The number of imidazole rings is 1. The molecule has 0 spiro atoms. The van der Waals surface area contributed by atoms with Crippen LogP contribution in [0.3, 0.4) is 0 Å². The molecule has 0 bridgehead atoms. The van der Waals surface area contributed by atoms with Crippen molar-refractivity contribution in [3.63, 3.8) is 0 Å². The van der Waals surface area contributed by atoms with Crippen molar-refractivity contribution in [3.05, 3.63) is 111 Å². The zero-order valence-electron chi connectivity index (χ0n) is 18.4. The summed E-state index contributed by atoms with van der Waals surface area (Å²) >= 11 is 0. The van der Waals surface area contributed by atoms with Crippen LogP contribution in [0.2, 0.25) is 0 Å². The summed E-state index contributed by atoms with van der Waals surface area (Å²) in [6.07, 6.45) is 3.95. The molecule has 1 atom stereocenters. The van der Waals surface area contributed by atoms with Gasteiger partial charge in [0, 0.05) is 35.5 Å². The van der Waals surface area contributed by atoms with Crippen molar-refractivity contribution in [1.82, 2.24) is 19.3 Å². The number of benzene rings is 2. The third-order valence-corrected chi connectivity index (χ3v) is 5.55. The molecule has 2 aromatic heterocycles. The van der Waals surface area contributed by atoms with E-state index in [2.05, 4.69) is 10.1 Å². The third kappa shape index (κ3) is 4.44. The first kappa shape index (κ1) is 22.1. The van der Waals surface area contributed by atoms with Crippen molar-refractivity contribution < 1.29 is 8.78 Å². The second kappa shape index (κ2) is 8.79. The minimum absolute atomic E-state index is 0.0428. The van der Waals surface area contributed by atoms with Crippen molar-refractivity contribution in [2.24, 2.45) is 0 Å². The van der Waals surface area contributed by atoms with Gasteiger partial charge in [-0.1, -0.05) is 18.2 Å². The minimum Gasteiger partial charge on any atom is -0.306 e. The summed E-state index contributed by atoms with van der Waals surface area (Å²) in [5, 5.41) is 13.5. The van der Waals surface area contributed by atoms with E-state index < -0.39 is 23.2 Å². The number of nitriles is 1. The molecule has 0 radical (unpaired) electrons. The van der Waals surface area contributed by atoms with Gasteiger partial charge in [-0.25, -0.2) is 18.4 Å². The highest BCUT2D eigenvalue weighted by Crippen LogP contribution is 2.21. The SMILES string of the molecule is Cc1cn(-c2ccc(Cc3cc(C#N)nn([C@@H](C)c4ccc(F)cc4F)c3=O)cc2C)cn1. The second-order valence-corrected chi connectivity index (χ2v) is 7.98. The number of nitrogens with zero attached hydrogens (tertiary/aromatic N) is 5. The molecule has 0 amide bonds. The Bertz CT molecular complexity index is 1450. The Kier molecular flexibility index (Phi) is 5.88. The van der Waals surface area contributed by atoms with Crippen LogP contribution in [-0.4, -0.2) is 19.3 Å². The number of aryl methyl sites for hydroxylation is 2. The van der Waals surface area contributed by atoms with Crippen LogP contribution in [0, 0.1) is 36.8 Å². The van der Waals surface area contributed by atoms with Gasteiger partial charge in [-0.15, -0.1) is 0 Å².